The molecule has 0 aliphatic carbocycles. The van der Waals surface area contributed by atoms with Gasteiger partial charge in [-0.2, -0.15) is 0 Å². The lowest BCUT2D eigenvalue weighted by molar-refractivity contribution is 0.399. The number of hydrogen-bond acceptors (Lipinski definition) is 3. The van der Waals surface area contributed by atoms with Crippen molar-refractivity contribution >= 4 is 5.69 Å². The molecule has 0 bridgehead atoms. The maximum atomic E-state index is 7.16. The lowest BCUT2D eigenvalue weighted by Crippen LogP contribution is -1.91. The summed E-state index contributed by atoms with van der Waals surface area (Å²) in [6.07, 6.45) is 1.72. The minimum Gasteiger partial charge on any atom is -0.508 e. The number of methoxy groups -OCH3 is 2. The first-order chi connectivity index (χ1) is 8.80. The van der Waals surface area contributed by atoms with Gasteiger partial charge in [0.15, 0.2) is 0 Å². The molecule has 18 heavy (non-hydrogen) atoms. The fourth-order valence-corrected chi connectivity index (χ4v) is 1.69. The third kappa shape index (κ3) is 2.11. The zero-order valence-corrected chi connectivity index (χ0v) is 10.2. The SMILES string of the molecule is [C-]#[N+]c1c(OC)cc(-c2ccccn2)cc1OC. The smallest absolute Gasteiger partial charge is 0.268 e. The molecule has 0 aliphatic rings. The summed E-state index contributed by atoms with van der Waals surface area (Å²) in [6, 6.07) is 9.23. The number of ether oxygens (including phenoxy) is 2. The van der Waals surface area contributed by atoms with Crippen molar-refractivity contribution in [3.8, 4) is 22.8 Å². The van der Waals surface area contributed by atoms with Crippen molar-refractivity contribution in [2.24, 2.45) is 0 Å². The number of pyridine rings is 1. The Morgan fingerprint density at radius 2 is 1.78 bits per heavy atom. The molecule has 2 rings (SSSR count). The highest BCUT2D eigenvalue weighted by Crippen LogP contribution is 2.40. The molecule has 0 radical (unpaired) electrons. The molecule has 1 heterocycles. The normalized spacial score (nSPS) is 9.61. The molecule has 0 N–H and O–H groups in total. The molecular weight excluding hydrogens is 228 g/mol. The van der Waals surface area contributed by atoms with E-state index in [2.05, 4.69) is 9.83 Å². The Hall–Kier alpha value is -2.54. The topological polar surface area (TPSA) is 35.7 Å². The summed E-state index contributed by atoms with van der Waals surface area (Å²) in [6.45, 7) is 7.16. The summed E-state index contributed by atoms with van der Waals surface area (Å²) >= 11 is 0. The highest BCUT2D eigenvalue weighted by atomic mass is 16.5. The fraction of sp³-hybridized carbons (Fsp3) is 0.143. The van der Waals surface area contributed by atoms with Crippen molar-refractivity contribution in [1.82, 2.24) is 4.98 Å². The van der Waals surface area contributed by atoms with Crippen LogP contribution in [0.4, 0.5) is 5.69 Å². The molecule has 0 aliphatic heterocycles. The highest BCUT2D eigenvalue weighted by Gasteiger charge is 2.13. The average molecular weight is 240 g/mol. The van der Waals surface area contributed by atoms with E-state index in [1.165, 1.54) is 14.2 Å². The third-order valence-electron chi connectivity index (χ3n) is 2.55. The molecule has 1 aromatic carbocycles. The van der Waals surface area contributed by atoms with E-state index in [9.17, 15) is 0 Å². The van der Waals surface area contributed by atoms with Gasteiger partial charge in [0.05, 0.1) is 26.5 Å². The van der Waals surface area contributed by atoms with Crippen molar-refractivity contribution in [2.75, 3.05) is 14.2 Å². The van der Waals surface area contributed by atoms with Gasteiger partial charge < -0.3 is 9.47 Å². The van der Waals surface area contributed by atoms with Crippen LogP contribution in [0.5, 0.6) is 11.5 Å². The molecule has 4 nitrogen and oxygen atoms in total. The van der Waals surface area contributed by atoms with Crippen LogP contribution in [-0.4, -0.2) is 19.2 Å². The fourth-order valence-electron chi connectivity index (χ4n) is 1.69. The first kappa shape index (κ1) is 11.9. The third-order valence-corrected chi connectivity index (χ3v) is 2.55. The number of rotatable bonds is 3. The molecule has 0 unspecified atom stereocenters. The van der Waals surface area contributed by atoms with E-state index >= 15 is 0 Å². The minimum absolute atomic E-state index is 0.375. The molecular formula is C14H12N2O2. The average Bonchev–Trinajstić information content (AvgIpc) is 2.46. The molecule has 0 amide bonds. The lowest BCUT2D eigenvalue weighted by atomic mass is 10.1. The number of nitrogens with zero attached hydrogens (tertiary/aromatic N) is 2. The Bertz CT molecular complexity index is 563. The van der Waals surface area contributed by atoms with Gasteiger partial charge in [-0.25, -0.2) is 4.85 Å². The van der Waals surface area contributed by atoms with Crippen LogP contribution in [0.3, 0.4) is 0 Å². The second kappa shape index (κ2) is 5.19. The zero-order chi connectivity index (χ0) is 13.0. The van der Waals surface area contributed by atoms with Crippen LogP contribution < -0.4 is 9.47 Å². The van der Waals surface area contributed by atoms with E-state index in [1.807, 2.05) is 18.2 Å². The number of hydrogen-bond donors (Lipinski definition) is 0. The van der Waals surface area contributed by atoms with Gasteiger partial charge in [-0.15, -0.1) is 0 Å². The molecule has 2 aromatic rings. The Labute approximate surface area is 106 Å². The molecule has 0 saturated heterocycles. The monoisotopic (exact) mass is 240 g/mol. The Balaban J connectivity index is 2.62. The van der Waals surface area contributed by atoms with Crippen molar-refractivity contribution in [2.45, 2.75) is 0 Å². The maximum absolute atomic E-state index is 7.16. The highest BCUT2D eigenvalue weighted by molar-refractivity contribution is 5.75. The van der Waals surface area contributed by atoms with E-state index in [-0.39, 0.29) is 0 Å². The summed E-state index contributed by atoms with van der Waals surface area (Å²) in [5, 5.41) is 0. The Morgan fingerprint density at radius 3 is 2.22 bits per heavy atom. The number of benzene rings is 1. The van der Waals surface area contributed by atoms with E-state index in [1.54, 1.807) is 18.3 Å². The van der Waals surface area contributed by atoms with Crippen LogP contribution in [0.25, 0.3) is 16.1 Å². The second-order valence-electron chi connectivity index (χ2n) is 3.56. The predicted molar refractivity (Wildman–Crippen MR) is 69.0 cm³/mol. The first-order valence-electron chi connectivity index (χ1n) is 5.35. The summed E-state index contributed by atoms with van der Waals surface area (Å²) < 4.78 is 10.4. The van der Waals surface area contributed by atoms with Gasteiger partial charge in [-0.1, -0.05) is 6.07 Å². The molecule has 90 valence electrons. The second-order valence-corrected chi connectivity index (χ2v) is 3.56. The number of aromatic nitrogens is 1. The van der Waals surface area contributed by atoms with Crippen molar-refractivity contribution < 1.29 is 9.47 Å². The van der Waals surface area contributed by atoms with Crippen LogP contribution in [0, 0.1) is 6.57 Å². The summed E-state index contributed by atoms with van der Waals surface area (Å²) in [5.74, 6) is 0.981. The molecule has 4 heteroatoms. The summed E-state index contributed by atoms with van der Waals surface area (Å²) in [5.41, 5.74) is 2.04. The standard InChI is InChI=1S/C14H12N2O2/c1-15-14-12(17-2)8-10(9-13(14)18-3)11-6-4-5-7-16-11/h4-9H,2-3H3. The van der Waals surface area contributed by atoms with Gasteiger partial charge in [0.2, 0.25) is 0 Å². The summed E-state index contributed by atoms with van der Waals surface area (Å²) in [7, 11) is 3.07. The maximum Gasteiger partial charge on any atom is 0.268 e. The molecule has 0 saturated carbocycles. The Kier molecular flexibility index (Phi) is 3.44. The molecule has 0 fully saturated rings. The van der Waals surface area contributed by atoms with Gasteiger partial charge in [-0.05, 0) is 24.3 Å². The molecule has 1 aromatic heterocycles. The quantitative estimate of drug-likeness (QED) is 0.772. The van der Waals surface area contributed by atoms with Crippen molar-refractivity contribution in [1.29, 1.82) is 0 Å². The van der Waals surface area contributed by atoms with Gasteiger partial charge >= 0.3 is 0 Å². The molecule has 0 atom stereocenters. The van der Waals surface area contributed by atoms with Crippen LogP contribution in [0.1, 0.15) is 0 Å². The van der Waals surface area contributed by atoms with Crippen LogP contribution in [-0.2, 0) is 0 Å². The first-order valence-corrected chi connectivity index (χ1v) is 5.35. The van der Waals surface area contributed by atoms with Gasteiger partial charge in [0.1, 0.15) is 11.5 Å². The van der Waals surface area contributed by atoms with Gasteiger partial charge in [-0.3, -0.25) is 4.98 Å². The largest absolute Gasteiger partial charge is 0.508 e. The Morgan fingerprint density at radius 1 is 1.11 bits per heavy atom. The van der Waals surface area contributed by atoms with E-state index in [0.717, 1.165) is 11.3 Å². The van der Waals surface area contributed by atoms with Crippen LogP contribution in [0.15, 0.2) is 36.5 Å². The minimum atomic E-state index is 0.375. The summed E-state index contributed by atoms with van der Waals surface area (Å²) in [4.78, 5) is 7.69. The van der Waals surface area contributed by atoms with E-state index in [4.69, 9.17) is 16.0 Å². The lowest BCUT2D eigenvalue weighted by Gasteiger charge is -2.10. The van der Waals surface area contributed by atoms with Crippen LogP contribution >= 0.6 is 0 Å². The van der Waals surface area contributed by atoms with Gasteiger partial charge in [0, 0.05) is 11.8 Å². The van der Waals surface area contributed by atoms with Gasteiger partial charge in [0.25, 0.3) is 5.69 Å². The van der Waals surface area contributed by atoms with Crippen LogP contribution in [0.2, 0.25) is 0 Å². The van der Waals surface area contributed by atoms with Crippen molar-refractivity contribution in [3.63, 3.8) is 0 Å². The van der Waals surface area contributed by atoms with E-state index in [0.29, 0.717) is 17.2 Å². The predicted octanol–water partition coefficient (Wildman–Crippen LogP) is 3.32. The molecule has 0 spiro atoms. The van der Waals surface area contributed by atoms with Crippen molar-refractivity contribution in [3.05, 3.63) is 47.9 Å². The zero-order valence-electron chi connectivity index (χ0n) is 10.2. The van der Waals surface area contributed by atoms with E-state index < -0.39 is 0 Å².